The summed E-state index contributed by atoms with van der Waals surface area (Å²) in [4.78, 5) is 17.4. The summed E-state index contributed by atoms with van der Waals surface area (Å²) in [5, 5.41) is 13.2. The number of nitrogens with one attached hydrogen (secondary N) is 1. The molecule has 4 aromatic rings. The lowest BCUT2D eigenvalue weighted by atomic mass is 10.1. The van der Waals surface area contributed by atoms with Crippen molar-refractivity contribution < 1.29 is 23.5 Å². The molecule has 0 aliphatic heterocycles. The van der Waals surface area contributed by atoms with Crippen molar-refractivity contribution in [2.45, 2.75) is 13.5 Å². The molecule has 2 aromatic carbocycles. The molecule has 152 valence electrons. The largest absolute Gasteiger partial charge is 0.508 e. The zero-order valence-electron chi connectivity index (χ0n) is 16.3. The van der Waals surface area contributed by atoms with E-state index >= 15 is 0 Å². The Kier molecular flexibility index (Phi) is 5.52. The number of hydrogen-bond acceptors (Lipinski definition) is 6. The van der Waals surface area contributed by atoms with Gasteiger partial charge in [-0.2, -0.15) is 0 Å². The van der Waals surface area contributed by atoms with Gasteiger partial charge < -0.3 is 24.0 Å². The molecule has 0 atom stereocenters. The van der Waals surface area contributed by atoms with E-state index in [-0.39, 0.29) is 29.3 Å². The average Bonchev–Trinajstić information content (AvgIpc) is 3.27. The van der Waals surface area contributed by atoms with Gasteiger partial charge in [0.2, 0.25) is 5.55 Å². The van der Waals surface area contributed by atoms with Crippen LogP contribution in [0.1, 0.15) is 23.0 Å². The van der Waals surface area contributed by atoms with Crippen molar-refractivity contribution in [2.24, 2.45) is 4.99 Å². The quantitative estimate of drug-likeness (QED) is 0.500. The average molecular weight is 404 g/mol. The van der Waals surface area contributed by atoms with Crippen molar-refractivity contribution in [3.63, 3.8) is 0 Å². The Bertz CT molecular complexity index is 1220. The zero-order chi connectivity index (χ0) is 20.9. The van der Waals surface area contributed by atoms with Crippen molar-refractivity contribution in [1.29, 1.82) is 0 Å². The molecule has 1 amide bonds. The first-order chi connectivity index (χ1) is 14.6. The van der Waals surface area contributed by atoms with Crippen molar-refractivity contribution in [2.75, 3.05) is 6.61 Å². The number of carbonyl (C=O) groups is 1. The van der Waals surface area contributed by atoms with Crippen LogP contribution in [0.5, 0.6) is 11.5 Å². The van der Waals surface area contributed by atoms with E-state index in [4.69, 9.17) is 13.6 Å². The van der Waals surface area contributed by atoms with Crippen LogP contribution in [-0.2, 0) is 6.54 Å². The highest BCUT2D eigenvalue weighted by molar-refractivity contribution is 5.96. The lowest BCUT2D eigenvalue weighted by molar-refractivity contribution is 0.0944. The van der Waals surface area contributed by atoms with E-state index in [1.807, 2.05) is 6.92 Å². The summed E-state index contributed by atoms with van der Waals surface area (Å²) in [6.45, 7) is 2.72. The van der Waals surface area contributed by atoms with Gasteiger partial charge in [-0.05, 0) is 61.5 Å². The van der Waals surface area contributed by atoms with E-state index < -0.39 is 0 Å². The first-order valence-electron chi connectivity index (χ1n) is 9.47. The SMILES string of the molecule is CCOc1ccc(N=c2oc3cc(O)ccc3cc2C(=O)NCc2ccco2)cc1. The monoisotopic (exact) mass is 404 g/mol. The van der Waals surface area contributed by atoms with Crippen LogP contribution in [0.4, 0.5) is 5.69 Å². The minimum absolute atomic E-state index is 0.0632. The minimum atomic E-state index is -0.352. The fourth-order valence-electron chi connectivity index (χ4n) is 2.93. The number of hydrogen-bond donors (Lipinski definition) is 2. The summed E-state index contributed by atoms with van der Waals surface area (Å²) in [5.74, 6) is 1.08. The highest BCUT2D eigenvalue weighted by atomic mass is 16.5. The Morgan fingerprint density at radius 3 is 2.70 bits per heavy atom. The molecule has 0 saturated heterocycles. The van der Waals surface area contributed by atoms with Crippen molar-refractivity contribution in [1.82, 2.24) is 5.32 Å². The summed E-state index contributed by atoms with van der Waals surface area (Å²) in [6, 6.07) is 17.1. The molecule has 0 radical (unpaired) electrons. The van der Waals surface area contributed by atoms with Gasteiger partial charge in [-0.15, -0.1) is 0 Å². The molecule has 30 heavy (non-hydrogen) atoms. The highest BCUT2D eigenvalue weighted by Crippen LogP contribution is 2.21. The molecule has 0 fully saturated rings. The molecule has 2 heterocycles. The molecule has 4 rings (SSSR count). The highest BCUT2D eigenvalue weighted by Gasteiger charge is 2.13. The summed E-state index contributed by atoms with van der Waals surface area (Å²) in [6.07, 6.45) is 1.55. The topological polar surface area (TPSA) is 97.2 Å². The van der Waals surface area contributed by atoms with Gasteiger partial charge in [0.15, 0.2) is 0 Å². The lowest BCUT2D eigenvalue weighted by Crippen LogP contribution is -2.28. The van der Waals surface area contributed by atoms with Gasteiger partial charge in [0.05, 0.1) is 25.1 Å². The van der Waals surface area contributed by atoms with E-state index in [1.54, 1.807) is 54.8 Å². The second-order valence-electron chi connectivity index (χ2n) is 6.49. The number of amides is 1. The Morgan fingerprint density at radius 1 is 1.13 bits per heavy atom. The van der Waals surface area contributed by atoms with Gasteiger partial charge in [-0.3, -0.25) is 4.79 Å². The van der Waals surface area contributed by atoms with E-state index in [9.17, 15) is 9.90 Å². The maximum Gasteiger partial charge on any atom is 0.257 e. The van der Waals surface area contributed by atoms with E-state index in [1.165, 1.54) is 12.1 Å². The predicted octanol–water partition coefficient (Wildman–Crippen LogP) is 4.29. The molecule has 0 aliphatic rings. The second kappa shape index (κ2) is 8.57. The van der Waals surface area contributed by atoms with Crippen molar-refractivity contribution >= 4 is 22.6 Å². The normalized spacial score (nSPS) is 11.6. The van der Waals surface area contributed by atoms with Crippen LogP contribution in [-0.4, -0.2) is 17.6 Å². The summed E-state index contributed by atoms with van der Waals surface area (Å²) in [7, 11) is 0. The molecule has 0 unspecified atom stereocenters. The van der Waals surface area contributed by atoms with Crippen LogP contribution >= 0.6 is 0 Å². The number of aromatic hydroxyl groups is 1. The predicted molar refractivity (Wildman–Crippen MR) is 111 cm³/mol. The van der Waals surface area contributed by atoms with Gasteiger partial charge in [-0.25, -0.2) is 4.99 Å². The number of nitrogens with zero attached hydrogens (tertiary/aromatic N) is 1. The first-order valence-corrected chi connectivity index (χ1v) is 9.47. The Balaban J connectivity index is 1.74. The van der Waals surface area contributed by atoms with Crippen LogP contribution < -0.4 is 15.6 Å². The smallest absolute Gasteiger partial charge is 0.257 e. The molecule has 0 bridgehead atoms. The van der Waals surface area contributed by atoms with Crippen LogP contribution in [0.3, 0.4) is 0 Å². The molecular formula is C23H20N2O5. The van der Waals surface area contributed by atoms with Crippen LogP contribution in [0.2, 0.25) is 0 Å². The summed E-state index contributed by atoms with van der Waals surface area (Å²) < 4.78 is 16.6. The zero-order valence-corrected chi connectivity index (χ0v) is 16.3. The van der Waals surface area contributed by atoms with Crippen LogP contribution in [0.15, 0.2) is 80.8 Å². The number of carbonyl (C=O) groups excluding carboxylic acids is 1. The van der Waals surface area contributed by atoms with Crippen molar-refractivity contribution in [3.8, 4) is 11.5 Å². The summed E-state index contributed by atoms with van der Waals surface area (Å²) >= 11 is 0. The van der Waals surface area contributed by atoms with E-state index in [0.29, 0.717) is 29.0 Å². The van der Waals surface area contributed by atoms with Crippen LogP contribution in [0.25, 0.3) is 11.0 Å². The number of ether oxygens (including phenoxy) is 1. The second-order valence-corrected chi connectivity index (χ2v) is 6.49. The van der Waals surface area contributed by atoms with E-state index in [2.05, 4.69) is 10.3 Å². The van der Waals surface area contributed by atoms with Crippen LogP contribution in [0, 0.1) is 0 Å². The molecule has 0 spiro atoms. The van der Waals surface area contributed by atoms with Gasteiger partial charge in [0, 0.05) is 11.5 Å². The molecule has 7 nitrogen and oxygen atoms in total. The van der Waals surface area contributed by atoms with Gasteiger partial charge >= 0.3 is 0 Å². The Hall–Kier alpha value is -4.00. The molecular weight excluding hydrogens is 384 g/mol. The number of phenols is 1. The van der Waals surface area contributed by atoms with Gasteiger partial charge in [0.25, 0.3) is 5.91 Å². The maximum absolute atomic E-state index is 12.9. The molecule has 7 heteroatoms. The first kappa shape index (κ1) is 19.3. The van der Waals surface area contributed by atoms with Crippen molar-refractivity contribution in [3.05, 3.63) is 83.8 Å². The standard InChI is InChI=1S/C23H20N2O5/c1-2-28-18-9-6-16(7-10-18)25-23-20(22(27)24-14-19-4-3-11-29-19)12-15-5-8-17(26)13-21(15)30-23/h3-13,26H,2,14H2,1H3,(H,24,27). The number of phenolic OH excluding ortho intramolecular Hbond substituents is 1. The fourth-order valence-corrected chi connectivity index (χ4v) is 2.93. The molecule has 0 saturated carbocycles. The fraction of sp³-hybridized carbons (Fsp3) is 0.130. The summed E-state index contributed by atoms with van der Waals surface area (Å²) in [5.41, 5.74) is 1.42. The van der Waals surface area contributed by atoms with Gasteiger partial charge in [-0.1, -0.05) is 0 Å². The number of benzene rings is 2. The third-order valence-corrected chi connectivity index (χ3v) is 4.36. The maximum atomic E-state index is 12.9. The number of furan rings is 1. The van der Waals surface area contributed by atoms with E-state index in [0.717, 1.165) is 5.75 Å². The third-order valence-electron chi connectivity index (χ3n) is 4.36. The Labute approximate surface area is 172 Å². The lowest BCUT2D eigenvalue weighted by Gasteiger charge is -2.07. The molecule has 0 aliphatic carbocycles. The Morgan fingerprint density at radius 2 is 1.97 bits per heavy atom. The molecule has 2 aromatic heterocycles. The number of fused-ring (bicyclic) bond motifs is 1. The van der Waals surface area contributed by atoms with Gasteiger partial charge in [0.1, 0.15) is 28.4 Å². The minimum Gasteiger partial charge on any atom is -0.508 e. The number of rotatable bonds is 6. The molecule has 2 N–H and O–H groups in total. The third kappa shape index (κ3) is 4.35.